The predicted octanol–water partition coefficient (Wildman–Crippen LogP) is -3.60. The molecular weight excluding hydrogens is 248 g/mol. The highest BCUT2D eigenvalue weighted by atomic mass is 32.2. The minimum atomic E-state index is -4.43. The van der Waals surface area contributed by atoms with Gasteiger partial charge in [-0.25, -0.2) is 4.79 Å². The summed E-state index contributed by atoms with van der Waals surface area (Å²) in [5, 5.41) is 44.5. The van der Waals surface area contributed by atoms with Crippen LogP contribution in [0.15, 0.2) is 0 Å². The SMILES string of the molecule is [2H]OS(=O)(=O)C[C@@H](O)[C@@H](O)[C@H](O)[C@@H](O)C(=O)O. The number of rotatable bonds is 7. The van der Waals surface area contributed by atoms with Gasteiger partial charge in [0.05, 0.1) is 6.10 Å². The molecule has 96 valence electrons. The summed E-state index contributed by atoms with van der Waals surface area (Å²) < 4.78 is 30.7. The summed E-state index contributed by atoms with van der Waals surface area (Å²) in [5.41, 5.74) is 0. The van der Waals surface area contributed by atoms with Gasteiger partial charge in [0.25, 0.3) is 10.1 Å². The molecule has 0 bridgehead atoms. The molecule has 4 atom stereocenters. The van der Waals surface area contributed by atoms with Crippen LogP contribution < -0.4 is 0 Å². The van der Waals surface area contributed by atoms with Crippen LogP contribution in [0.1, 0.15) is 0 Å². The number of aliphatic hydroxyl groups excluding tert-OH is 4. The normalized spacial score (nSPS) is 20.6. The number of aliphatic carboxylic acids is 1. The van der Waals surface area contributed by atoms with Gasteiger partial charge < -0.3 is 25.5 Å². The number of carboxylic acids is 1. The minimum absolute atomic E-state index is 1.24. The second kappa shape index (κ2) is 5.52. The molecule has 0 amide bonds. The van der Waals surface area contributed by atoms with E-state index in [2.05, 4.69) is 4.56 Å². The maximum Gasteiger partial charge on any atom is 0.335 e. The Labute approximate surface area is 91.8 Å². The highest BCUT2D eigenvalue weighted by Crippen LogP contribution is 2.07. The highest BCUT2D eigenvalue weighted by molar-refractivity contribution is 7.85. The number of hydrogen-bond donors (Lipinski definition) is 6. The molecule has 10 heteroatoms. The van der Waals surface area contributed by atoms with Crippen molar-refractivity contribution < 1.29 is 43.3 Å². The van der Waals surface area contributed by atoms with Crippen molar-refractivity contribution in [2.45, 2.75) is 24.4 Å². The van der Waals surface area contributed by atoms with Gasteiger partial charge in [0, 0.05) is 0 Å². The van der Waals surface area contributed by atoms with Gasteiger partial charge >= 0.3 is 5.97 Å². The highest BCUT2D eigenvalue weighted by Gasteiger charge is 2.35. The third-order valence-electron chi connectivity index (χ3n) is 1.70. The van der Waals surface area contributed by atoms with Crippen molar-refractivity contribution in [2.24, 2.45) is 0 Å². The monoisotopic (exact) mass is 261 g/mol. The molecule has 0 aliphatic rings. The smallest absolute Gasteiger partial charge is 0.335 e. The van der Waals surface area contributed by atoms with Crippen LogP contribution in [0.5, 0.6) is 0 Å². The van der Waals surface area contributed by atoms with Crippen LogP contribution >= 0.6 is 0 Å². The van der Waals surface area contributed by atoms with Gasteiger partial charge in [0.2, 0.25) is 1.43 Å². The molecule has 0 spiro atoms. The topological polar surface area (TPSA) is 173 Å². The maximum absolute atomic E-state index is 10.7. The molecular formula is C6H12O9S. The van der Waals surface area contributed by atoms with Crippen molar-refractivity contribution >= 4 is 16.1 Å². The van der Waals surface area contributed by atoms with Gasteiger partial charge in [-0.1, -0.05) is 0 Å². The molecule has 0 unspecified atom stereocenters. The third-order valence-corrected chi connectivity index (χ3v) is 2.45. The summed E-state index contributed by atoms with van der Waals surface area (Å²) in [6, 6.07) is 0. The van der Waals surface area contributed by atoms with Crippen molar-refractivity contribution in [3.63, 3.8) is 0 Å². The van der Waals surface area contributed by atoms with E-state index in [1.54, 1.807) is 0 Å². The molecule has 0 aromatic carbocycles. The predicted molar refractivity (Wildman–Crippen MR) is 48.1 cm³/mol. The van der Waals surface area contributed by atoms with Crippen LogP contribution in [-0.4, -0.2) is 74.6 Å². The first-order valence-corrected chi connectivity index (χ1v) is 5.52. The van der Waals surface area contributed by atoms with E-state index in [1.807, 2.05) is 0 Å². The van der Waals surface area contributed by atoms with Crippen LogP contribution in [0, 0.1) is 0 Å². The Morgan fingerprint density at radius 3 is 2.06 bits per heavy atom. The molecule has 6 N–H and O–H groups in total. The molecule has 0 saturated heterocycles. The van der Waals surface area contributed by atoms with Crippen molar-refractivity contribution in [1.29, 1.82) is 1.43 Å². The standard InChI is InChI=1S/C6H12O9S/c7-2(1-16(13,14)15)3(8)4(9)5(10)6(11)12/h2-5,7-10H,1H2,(H,11,12)(H,13,14,15)/t2-,3-,4+,5-/m1/s1/i/hD. The van der Waals surface area contributed by atoms with Gasteiger partial charge in [-0.15, -0.1) is 0 Å². The fourth-order valence-electron chi connectivity index (χ4n) is 0.868. The van der Waals surface area contributed by atoms with Crippen molar-refractivity contribution in [3.8, 4) is 0 Å². The summed E-state index contributed by atoms with van der Waals surface area (Å²) in [5.74, 6) is -3.09. The van der Waals surface area contributed by atoms with Gasteiger partial charge in [-0.2, -0.15) is 8.42 Å². The summed E-state index contributed by atoms with van der Waals surface area (Å²) >= 11 is 0. The Kier molecular flexibility index (Phi) is 4.58. The average Bonchev–Trinajstić information content (AvgIpc) is 2.25. The Morgan fingerprint density at radius 1 is 1.19 bits per heavy atom. The van der Waals surface area contributed by atoms with Crippen LogP contribution in [0.2, 0.25) is 0 Å². The Morgan fingerprint density at radius 2 is 1.69 bits per heavy atom. The van der Waals surface area contributed by atoms with E-state index in [1.165, 1.54) is 0 Å². The van der Waals surface area contributed by atoms with E-state index >= 15 is 0 Å². The van der Waals surface area contributed by atoms with Gasteiger partial charge in [-0.05, 0) is 0 Å². The van der Waals surface area contributed by atoms with Crippen molar-refractivity contribution in [1.82, 2.24) is 0 Å². The zero-order valence-electron chi connectivity index (χ0n) is 8.79. The van der Waals surface area contributed by atoms with Gasteiger partial charge in [-0.3, -0.25) is 4.56 Å². The van der Waals surface area contributed by atoms with Crippen LogP contribution in [0.25, 0.3) is 1.43 Å². The first-order chi connectivity index (χ1) is 7.62. The fraction of sp³-hybridized carbons (Fsp3) is 0.833. The number of carboxylic acid groups (broad SMARTS) is 1. The van der Waals surface area contributed by atoms with E-state index in [0.717, 1.165) is 0 Å². The number of aliphatic hydroxyl groups is 4. The molecule has 0 aromatic heterocycles. The zero-order valence-corrected chi connectivity index (χ0v) is 8.61. The minimum Gasteiger partial charge on any atom is -0.479 e. The third kappa shape index (κ3) is 4.83. The van der Waals surface area contributed by atoms with E-state index in [4.69, 9.17) is 27.0 Å². The van der Waals surface area contributed by atoms with Crippen molar-refractivity contribution in [3.05, 3.63) is 0 Å². The summed E-state index contributed by atoms with van der Waals surface area (Å²) in [7, 11) is -4.43. The molecule has 0 saturated carbocycles. The summed E-state index contributed by atoms with van der Waals surface area (Å²) in [6.07, 6.45) is -9.02. The van der Waals surface area contributed by atoms with Crippen LogP contribution in [0.4, 0.5) is 0 Å². The summed E-state index contributed by atoms with van der Waals surface area (Å²) in [4.78, 5) is 10.2. The lowest BCUT2D eigenvalue weighted by Gasteiger charge is -2.23. The molecule has 0 fully saturated rings. The molecule has 0 radical (unpaired) electrons. The Balaban J connectivity index is 4.60. The fourth-order valence-corrected chi connectivity index (χ4v) is 1.48. The van der Waals surface area contributed by atoms with Crippen molar-refractivity contribution in [2.75, 3.05) is 5.75 Å². The Bertz CT molecular complexity index is 354. The number of carbonyl (C=O) groups is 1. The molecule has 0 aliphatic heterocycles. The zero-order chi connectivity index (χ0) is 13.8. The van der Waals surface area contributed by atoms with Gasteiger partial charge in [0.15, 0.2) is 6.10 Å². The molecule has 0 rings (SSSR count). The van der Waals surface area contributed by atoms with Crippen LogP contribution in [-0.2, 0) is 14.9 Å². The lowest BCUT2D eigenvalue weighted by atomic mass is 10.0. The number of hydrogen-bond acceptors (Lipinski definition) is 8. The Hall–Kier alpha value is -0.780. The lowest BCUT2D eigenvalue weighted by Crippen LogP contribution is -2.49. The molecule has 9 nitrogen and oxygen atoms in total. The van der Waals surface area contributed by atoms with Crippen LogP contribution in [0.3, 0.4) is 0 Å². The molecule has 0 aromatic rings. The first kappa shape index (κ1) is 13.3. The second-order valence-electron chi connectivity index (χ2n) is 3.06. The molecule has 16 heavy (non-hydrogen) atoms. The van der Waals surface area contributed by atoms with E-state index in [0.29, 0.717) is 0 Å². The average molecular weight is 261 g/mol. The quantitative estimate of drug-likeness (QED) is 0.253. The largest absolute Gasteiger partial charge is 0.479 e. The van der Waals surface area contributed by atoms with Gasteiger partial charge in [0.1, 0.15) is 18.0 Å². The maximum atomic E-state index is 10.7. The lowest BCUT2D eigenvalue weighted by molar-refractivity contribution is -0.161. The molecule has 0 aliphatic carbocycles. The summed E-state index contributed by atoms with van der Waals surface area (Å²) in [6.45, 7) is 0. The van der Waals surface area contributed by atoms with E-state index in [9.17, 15) is 13.2 Å². The first-order valence-electron chi connectivity index (χ1n) is 4.35. The molecule has 0 heterocycles. The van der Waals surface area contributed by atoms with E-state index in [-0.39, 0.29) is 0 Å². The second-order valence-corrected chi connectivity index (χ2v) is 4.50. The van der Waals surface area contributed by atoms with E-state index < -0.39 is 46.3 Å².